The lowest BCUT2D eigenvalue weighted by Crippen LogP contribution is -2.40. The molecule has 1 saturated heterocycles. The first-order valence-electron chi connectivity index (χ1n) is 6.37. The van der Waals surface area contributed by atoms with Crippen molar-refractivity contribution in [3.8, 4) is 11.5 Å². The fraction of sp³-hybridized carbons (Fsp3) is 0.500. The molecule has 2 rings (SSSR count). The first kappa shape index (κ1) is 12.9. The Bertz CT molecular complexity index is 445. The number of rotatable bonds is 3. The quantitative estimate of drug-likeness (QED) is 0.806. The van der Waals surface area contributed by atoms with Gasteiger partial charge in [-0.2, -0.15) is 0 Å². The van der Waals surface area contributed by atoms with Crippen LogP contribution in [-0.4, -0.2) is 40.0 Å². The van der Waals surface area contributed by atoms with Gasteiger partial charge in [0.1, 0.15) is 11.5 Å². The number of phenolic OH excluding ortho intramolecular Hbond substituents is 2. The van der Waals surface area contributed by atoms with Gasteiger partial charge in [-0.15, -0.1) is 0 Å². The van der Waals surface area contributed by atoms with Crippen LogP contribution in [0.4, 0.5) is 0 Å². The van der Waals surface area contributed by atoms with Crippen LogP contribution >= 0.6 is 0 Å². The Kier molecular flexibility index (Phi) is 3.87. The summed E-state index contributed by atoms with van der Waals surface area (Å²) in [5.74, 6) is -0.277. The minimum Gasteiger partial charge on any atom is -0.508 e. The number of nitrogens with zero attached hydrogens (tertiary/aromatic N) is 1. The Morgan fingerprint density at radius 3 is 2.83 bits per heavy atom. The van der Waals surface area contributed by atoms with Crippen LogP contribution in [0.15, 0.2) is 18.2 Å². The van der Waals surface area contributed by atoms with Crippen LogP contribution in [0.5, 0.6) is 11.5 Å². The average molecular weight is 249 g/mol. The van der Waals surface area contributed by atoms with E-state index in [-0.39, 0.29) is 22.8 Å². The number of ketones is 1. The van der Waals surface area contributed by atoms with E-state index in [4.69, 9.17) is 0 Å². The zero-order chi connectivity index (χ0) is 13.1. The second-order valence-corrected chi connectivity index (χ2v) is 4.94. The Labute approximate surface area is 107 Å². The molecule has 0 bridgehead atoms. The monoisotopic (exact) mass is 249 g/mol. The molecule has 1 unspecified atom stereocenters. The molecule has 1 aliphatic rings. The Balaban J connectivity index is 2.07. The zero-order valence-electron chi connectivity index (χ0n) is 10.6. The molecule has 2 N–H and O–H groups in total. The van der Waals surface area contributed by atoms with E-state index in [1.807, 2.05) is 0 Å². The van der Waals surface area contributed by atoms with E-state index < -0.39 is 0 Å². The summed E-state index contributed by atoms with van der Waals surface area (Å²) >= 11 is 0. The van der Waals surface area contributed by atoms with E-state index in [2.05, 4.69) is 11.8 Å². The second kappa shape index (κ2) is 5.40. The number of phenols is 2. The highest BCUT2D eigenvalue weighted by Crippen LogP contribution is 2.24. The molecule has 1 fully saturated rings. The summed E-state index contributed by atoms with van der Waals surface area (Å²) in [5, 5.41) is 18.9. The van der Waals surface area contributed by atoms with Crippen LogP contribution in [0.2, 0.25) is 0 Å². The largest absolute Gasteiger partial charge is 0.508 e. The highest BCUT2D eigenvalue weighted by molar-refractivity contribution is 6.00. The summed E-state index contributed by atoms with van der Waals surface area (Å²) in [5.41, 5.74) is 0.283. The van der Waals surface area contributed by atoms with Gasteiger partial charge in [0.05, 0.1) is 12.1 Å². The summed E-state index contributed by atoms with van der Waals surface area (Å²) in [7, 11) is 0. The summed E-state index contributed by atoms with van der Waals surface area (Å²) in [6, 6.07) is 4.52. The molecule has 1 heterocycles. The number of Topliss-reactive ketones (excluding diaryl/α,β-unsaturated/α-hetero) is 1. The van der Waals surface area contributed by atoms with Gasteiger partial charge in [0.2, 0.25) is 0 Å². The molecule has 0 aliphatic carbocycles. The number of carbonyl (C=O) groups excluding carboxylic acids is 1. The maximum absolute atomic E-state index is 12.1. The van der Waals surface area contributed by atoms with Gasteiger partial charge < -0.3 is 10.2 Å². The van der Waals surface area contributed by atoms with Crippen LogP contribution in [0.3, 0.4) is 0 Å². The summed E-state index contributed by atoms with van der Waals surface area (Å²) in [4.78, 5) is 14.3. The predicted octanol–water partition coefficient (Wildman–Crippen LogP) is 2.15. The highest BCUT2D eigenvalue weighted by atomic mass is 16.3. The molecule has 1 aromatic rings. The van der Waals surface area contributed by atoms with Crippen LogP contribution in [-0.2, 0) is 0 Å². The van der Waals surface area contributed by atoms with Crippen molar-refractivity contribution in [3.63, 3.8) is 0 Å². The lowest BCUT2D eigenvalue weighted by molar-refractivity contribution is 0.0858. The maximum Gasteiger partial charge on any atom is 0.180 e. The molecule has 0 amide bonds. The van der Waals surface area contributed by atoms with E-state index in [9.17, 15) is 15.0 Å². The molecular formula is C14H19NO3. The molecule has 1 atom stereocenters. The van der Waals surface area contributed by atoms with Crippen molar-refractivity contribution in [2.45, 2.75) is 32.2 Å². The van der Waals surface area contributed by atoms with Gasteiger partial charge in [-0.25, -0.2) is 0 Å². The minimum absolute atomic E-state index is 0.0320. The number of carbonyl (C=O) groups is 1. The molecule has 0 saturated carbocycles. The molecule has 1 aromatic carbocycles. The summed E-state index contributed by atoms with van der Waals surface area (Å²) in [6.07, 6.45) is 3.46. The van der Waals surface area contributed by atoms with Crippen LogP contribution < -0.4 is 0 Å². The third kappa shape index (κ3) is 2.82. The smallest absolute Gasteiger partial charge is 0.180 e. The van der Waals surface area contributed by atoms with Gasteiger partial charge in [-0.1, -0.05) is 6.42 Å². The van der Waals surface area contributed by atoms with Crippen LogP contribution in [0.1, 0.15) is 36.5 Å². The Hall–Kier alpha value is -1.55. The highest BCUT2D eigenvalue weighted by Gasteiger charge is 2.22. The number of hydrogen-bond donors (Lipinski definition) is 2. The fourth-order valence-electron chi connectivity index (χ4n) is 2.42. The summed E-state index contributed by atoms with van der Waals surface area (Å²) < 4.78 is 0. The number of likely N-dealkylation sites (tertiary alicyclic amines) is 1. The zero-order valence-corrected chi connectivity index (χ0v) is 10.6. The lowest BCUT2D eigenvalue weighted by Gasteiger charge is -2.32. The van der Waals surface area contributed by atoms with E-state index >= 15 is 0 Å². The van der Waals surface area contributed by atoms with Crippen molar-refractivity contribution in [1.82, 2.24) is 4.90 Å². The van der Waals surface area contributed by atoms with Crippen molar-refractivity contribution >= 4 is 5.78 Å². The number of benzene rings is 1. The van der Waals surface area contributed by atoms with Crippen LogP contribution in [0, 0.1) is 0 Å². The minimum atomic E-state index is -0.148. The maximum atomic E-state index is 12.1. The van der Waals surface area contributed by atoms with Crippen molar-refractivity contribution in [3.05, 3.63) is 23.8 Å². The van der Waals surface area contributed by atoms with Gasteiger partial charge in [-0.3, -0.25) is 9.69 Å². The van der Waals surface area contributed by atoms with Gasteiger partial charge >= 0.3 is 0 Å². The topological polar surface area (TPSA) is 60.8 Å². The second-order valence-electron chi connectivity index (χ2n) is 4.94. The molecule has 0 spiro atoms. The first-order valence-corrected chi connectivity index (χ1v) is 6.37. The van der Waals surface area contributed by atoms with E-state index in [1.165, 1.54) is 24.6 Å². The first-order chi connectivity index (χ1) is 8.58. The Morgan fingerprint density at radius 1 is 1.39 bits per heavy atom. The lowest BCUT2D eigenvalue weighted by atomic mass is 10.0. The standard InChI is InChI=1S/C14H19NO3/c1-10-4-2-3-7-15(10)9-14(18)12-6-5-11(16)8-13(12)17/h5-6,8,10,16-17H,2-4,7,9H2,1H3. The summed E-state index contributed by atoms with van der Waals surface area (Å²) in [6.45, 7) is 3.40. The third-order valence-electron chi connectivity index (χ3n) is 3.57. The number of aromatic hydroxyl groups is 2. The van der Waals surface area contributed by atoms with Gasteiger partial charge in [0.15, 0.2) is 5.78 Å². The van der Waals surface area contributed by atoms with Crippen molar-refractivity contribution in [2.75, 3.05) is 13.1 Å². The molecular weight excluding hydrogens is 230 g/mol. The average Bonchev–Trinajstić information content (AvgIpc) is 2.32. The molecule has 4 heteroatoms. The molecule has 0 aromatic heterocycles. The van der Waals surface area contributed by atoms with Crippen molar-refractivity contribution < 1.29 is 15.0 Å². The molecule has 1 aliphatic heterocycles. The van der Waals surface area contributed by atoms with Crippen molar-refractivity contribution in [1.29, 1.82) is 0 Å². The normalized spacial score (nSPS) is 20.8. The van der Waals surface area contributed by atoms with Gasteiger partial charge in [0.25, 0.3) is 0 Å². The van der Waals surface area contributed by atoms with Gasteiger partial charge in [-0.05, 0) is 38.4 Å². The predicted molar refractivity (Wildman–Crippen MR) is 69.0 cm³/mol. The SMILES string of the molecule is CC1CCCCN1CC(=O)c1ccc(O)cc1O. The fourth-order valence-corrected chi connectivity index (χ4v) is 2.42. The molecule has 0 radical (unpaired) electrons. The number of piperidine rings is 1. The van der Waals surface area contributed by atoms with E-state index in [0.29, 0.717) is 12.6 Å². The molecule has 4 nitrogen and oxygen atoms in total. The molecule has 18 heavy (non-hydrogen) atoms. The number of hydrogen-bond acceptors (Lipinski definition) is 4. The molecule has 98 valence electrons. The van der Waals surface area contributed by atoms with Gasteiger partial charge in [0, 0.05) is 12.1 Å². The third-order valence-corrected chi connectivity index (χ3v) is 3.57. The Morgan fingerprint density at radius 2 is 2.17 bits per heavy atom. The van der Waals surface area contributed by atoms with Crippen LogP contribution in [0.25, 0.3) is 0 Å². The van der Waals surface area contributed by atoms with Crippen molar-refractivity contribution in [2.24, 2.45) is 0 Å². The van der Waals surface area contributed by atoms with E-state index in [0.717, 1.165) is 19.4 Å². The van der Waals surface area contributed by atoms with E-state index in [1.54, 1.807) is 0 Å².